The second kappa shape index (κ2) is 5.56. The van der Waals surface area contributed by atoms with Crippen LogP contribution in [0, 0.1) is 11.8 Å². The van der Waals surface area contributed by atoms with E-state index in [-0.39, 0.29) is 17.9 Å². The maximum Gasteiger partial charge on any atom is 0.253 e. The van der Waals surface area contributed by atoms with Gasteiger partial charge in [0, 0.05) is 24.6 Å². The van der Waals surface area contributed by atoms with Gasteiger partial charge in [0.25, 0.3) is 5.91 Å². The smallest absolute Gasteiger partial charge is 0.253 e. The lowest BCUT2D eigenvalue weighted by Crippen LogP contribution is -2.31. The first-order valence-electron chi connectivity index (χ1n) is 7.59. The van der Waals surface area contributed by atoms with Crippen LogP contribution in [0.3, 0.4) is 0 Å². The summed E-state index contributed by atoms with van der Waals surface area (Å²) in [5.41, 5.74) is 7.00. The number of benzene rings is 1. The number of amides is 1. The standard InChI is InChI=1S/C16H22N2O3/c1-2-21-15-6-4-10(7-13(15)17)16(20)18-8-11-3-5-14(19)12(11)9-18/h4,6-7,11-12,14,19H,2-3,5,8-9,17H2,1H3. The lowest BCUT2D eigenvalue weighted by atomic mass is 10.00. The van der Waals surface area contributed by atoms with Crippen molar-refractivity contribution >= 4 is 11.6 Å². The fraction of sp³-hybridized carbons (Fsp3) is 0.562. The van der Waals surface area contributed by atoms with Crippen LogP contribution in [0.2, 0.25) is 0 Å². The molecule has 1 heterocycles. The van der Waals surface area contributed by atoms with Gasteiger partial charge < -0.3 is 20.5 Å². The van der Waals surface area contributed by atoms with E-state index >= 15 is 0 Å². The zero-order chi connectivity index (χ0) is 15.0. The molecule has 114 valence electrons. The average molecular weight is 290 g/mol. The number of aliphatic hydroxyl groups is 1. The van der Waals surface area contributed by atoms with Crippen LogP contribution in [0.4, 0.5) is 5.69 Å². The van der Waals surface area contributed by atoms with Gasteiger partial charge in [0.2, 0.25) is 0 Å². The van der Waals surface area contributed by atoms with E-state index in [1.54, 1.807) is 18.2 Å². The summed E-state index contributed by atoms with van der Waals surface area (Å²) in [5, 5.41) is 9.93. The second-order valence-corrected chi connectivity index (χ2v) is 5.96. The average Bonchev–Trinajstić information content (AvgIpc) is 3.03. The van der Waals surface area contributed by atoms with E-state index in [0.29, 0.717) is 36.1 Å². The second-order valence-electron chi connectivity index (χ2n) is 5.96. The number of hydrogen-bond acceptors (Lipinski definition) is 4. The summed E-state index contributed by atoms with van der Waals surface area (Å²) in [7, 11) is 0. The topological polar surface area (TPSA) is 75.8 Å². The molecule has 0 spiro atoms. The van der Waals surface area contributed by atoms with Gasteiger partial charge in [-0.3, -0.25) is 4.79 Å². The van der Waals surface area contributed by atoms with Gasteiger partial charge in [0.05, 0.1) is 18.4 Å². The highest BCUT2D eigenvalue weighted by Gasteiger charge is 2.43. The Morgan fingerprint density at radius 3 is 2.90 bits per heavy atom. The van der Waals surface area contributed by atoms with Gasteiger partial charge in [0.15, 0.2) is 0 Å². The number of likely N-dealkylation sites (tertiary alicyclic amines) is 1. The normalized spacial score (nSPS) is 27.7. The Balaban J connectivity index is 1.73. The summed E-state index contributed by atoms with van der Waals surface area (Å²) in [4.78, 5) is 14.4. The summed E-state index contributed by atoms with van der Waals surface area (Å²) in [5.74, 6) is 1.30. The molecule has 1 saturated carbocycles. The number of carbonyl (C=O) groups excluding carboxylic acids is 1. The SMILES string of the molecule is CCOc1ccc(C(=O)N2CC3CCC(O)C3C2)cc1N. The molecule has 3 rings (SSSR count). The molecule has 1 amide bonds. The highest BCUT2D eigenvalue weighted by Crippen LogP contribution is 2.38. The number of rotatable bonds is 3. The lowest BCUT2D eigenvalue weighted by Gasteiger charge is -2.19. The molecule has 2 aliphatic rings. The predicted molar refractivity (Wildman–Crippen MR) is 80.1 cm³/mol. The van der Waals surface area contributed by atoms with Crippen molar-refractivity contribution in [3.63, 3.8) is 0 Å². The third-order valence-corrected chi connectivity index (χ3v) is 4.66. The Kier molecular flexibility index (Phi) is 3.76. The molecule has 1 aromatic rings. The highest BCUT2D eigenvalue weighted by atomic mass is 16.5. The summed E-state index contributed by atoms with van der Waals surface area (Å²) in [6, 6.07) is 5.18. The molecule has 1 aliphatic heterocycles. The Morgan fingerprint density at radius 2 is 2.24 bits per heavy atom. The van der Waals surface area contributed by atoms with Gasteiger partial charge in [-0.1, -0.05) is 0 Å². The number of anilines is 1. The van der Waals surface area contributed by atoms with Crippen molar-refractivity contribution in [2.45, 2.75) is 25.9 Å². The summed E-state index contributed by atoms with van der Waals surface area (Å²) in [6.07, 6.45) is 1.63. The van der Waals surface area contributed by atoms with E-state index < -0.39 is 0 Å². The van der Waals surface area contributed by atoms with E-state index in [1.807, 2.05) is 11.8 Å². The molecule has 0 radical (unpaired) electrons. The van der Waals surface area contributed by atoms with Crippen LogP contribution in [-0.4, -0.2) is 41.7 Å². The number of nitrogens with two attached hydrogens (primary N) is 1. The molecule has 5 nitrogen and oxygen atoms in total. The number of aliphatic hydroxyl groups excluding tert-OH is 1. The highest BCUT2D eigenvalue weighted by molar-refractivity contribution is 5.95. The van der Waals surface area contributed by atoms with Crippen LogP contribution in [0.1, 0.15) is 30.1 Å². The van der Waals surface area contributed by atoms with E-state index in [4.69, 9.17) is 10.5 Å². The van der Waals surface area contributed by atoms with Gasteiger partial charge in [-0.25, -0.2) is 0 Å². The Morgan fingerprint density at radius 1 is 1.43 bits per heavy atom. The third kappa shape index (κ3) is 2.58. The molecule has 5 heteroatoms. The molecule has 1 aromatic carbocycles. The van der Waals surface area contributed by atoms with E-state index in [0.717, 1.165) is 19.4 Å². The van der Waals surface area contributed by atoms with Crippen molar-refractivity contribution < 1.29 is 14.6 Å². The van der Waals surface area contributed by atoms with E-state index in [2.05, 4.69) is 0 Å². The Labute approximate surface area is 124 Å². The number of ether oxygens (including phenoxy) is 1. The Hall–Kier alpha value is -1.75. The molecule has 21 heavy (non-hydrogen) atoms. The monoisotopic (exact) mass is 290 g/mol. The molecule has 3 unspecified atom stereocenters. The first kappa shape index (κ1) is 14.2. The van der Waals surface area contributed by atoms with Crippen molar-refractivity contribution in [1.29, 1.82) is 0 Å². The number of fused-ring (bicyclic) bond motifs is 1. The zero-order valence-electron chi connectivity index (χ0n) is 12.3. The number of nitrogens with zero attached hydrogens (tertiary/aromatic N) is 1. The van der Waals surface area contributed by atoms with Crippen LogP contribution in [-0.2, 0) is 0 Å². The van der Waals surface area contributed by atoms with Crippen molar-refractivity contribution in [2.24, 2.45) is 11.8 Å². The minimum absolute atomic E-state index is 0.00801. The first-order chi connectivity index (χ1) is 10.1. The van der Waals surface area contributed by atoms with Crippen LogP contribution in [0.5, 0.6) is 5.75 Å². The van der Waals surface area contributed by atoms with E-state index in [1.165, 1.54) is 0 Å². The minimum Gasteiger partial charge on any atom is -0.492 e. The quantitative estimate of drug-likeness (QED) is 0.827. The Bertz CT molecular complexity index is 546. The van der Waals surface area contributed by atoms with Gasteiger partial charge >= 0.3 is 0 Å². The molecule has 2 fully saturated rings. The lowest BCUT2D eigenvalue weighted by molar-refractivity contribution is 0.0752. The fourth-order valence-corrected chi connectivity index (χ4v) is 3.55. The molecule has 1 saturated heterocycles. The molecule has 0 aromatic heterocycles. The van der Waals surface area contributed by atoms with Crippen molar-refractivity contribution in [1.82, 2.24) is 4.90 Å². The van der Waals surface area contributed by atoms with Crippen molar-refractivity contribution in [3.8, 4) is 5.75 Å². The van der Waals surface area contributed by atoms with Crippen LogP contribution < -0.4 is 10.5 Å². The summed E-state index contributed by atoms with van der Waals surface area (Å²) in [6.45, 7) is 3.84. The number of hydrogen-bond donors (Lipinski definition) is 2. The fourth-order valence-electron chi connectivity index (χ4n) is 3.55. The largest absolute Gasteiger partial charge is 0.492 e. The number of carbonyl (C=O) groups is 1. The maximum absolute atomic E-state index is 12.6. The molecular formula is C16H22N2O3. The van der Waals surface area contributed by atoms with E-state index in [9.17, 15) is 9.90 Å². The van der Waals surface area contributed by atoms with Crippen molar-refractivity contribution in [3.05, 3.63) is 23.8 Å². The molecule has 3 N–H and O–H groups in total. The van der Waals surface area contributed by atoms with Gasteiger partial charge in [-0.05, 0) is 43.9 Å². The number of nitrogen functional groups attached to an aromatic ring is 1. The van der Waals surface area contributed by atoms with Crippen LogP contribution >= 0.6 is 0 Å². The molecular weight excluding hydrogens is 268 g/mol. The molecule has 3 atom stereocenters. The van der Waals surface area contributed by atoms with Crippen LogP contribution in [0.25, 0.3) is 0 Å². The van der Waals surface area contributed by atoms with Gasteiger partial charge in [-0.2, -0.15) is 0 Å². The van der Waals surface area contributed by atoms with Crippen molar-refractivity contribution in [2.75, 3.05) is 25.4 Å². The summed E-state index contributed by atoms with van der Waals surface area (Å²) >= 11 is 0. The maximum atomic E-state index is 12.6. The molecule has 0 bridgehead atoms. The van der Waals surface area contributed by atoms with Crippen LogP contribution in [0.15, 0.2) is 18.2 Å². The first-order valence-corrected chi connectivity index (χ1v) is 7.59. The minimum atomic E-state index is -0.252. The summed E-state index contributed by atoms with van der Waals surface area (Å²) < 4.78 is 5.39. The third-order valence-electron chi connectivity index (χ3n) is 4.66. The van der Waals surface area contributed by atoms with Gasteiger partial charge in [0.1, 0.15) is 5.75 Å². The zero-order valence-corrected chi connectivity index (χ0v) is 12.3. The van der Waals surface area contributed by atoms with Gasteiger partial charge in [-0.15, -0.1) is 0 Å². The predicted octanol–water partition coefficient (Wildman–Crippen LogP) is 1.51. The molecule has 1 aliphatic carbocycles.